The third-order valence-corrected chi connectivity index (χ3v) is 4.52. The maximum Gasteiger partial charge on any atom is 0.407 e. The molecule has 2 aliphatic heterocycles. The minimum Gasteiger partial charge on any atom is -0.465 e. The maximum atomic E-state index is 12.2. The van der Waals surface area contributed by atoms with E-state index in [0.717, 1.165) is 31.0 Å². The molecule has 0 aromatic heterocycles. The zero-order chi connectivity index (χ0) is 13.7. The van der Waals surface area contributed by atoms with E-state index >= 15 is 0 Å². The first-order chi connectivity index (χ1) is 9.16. The van der Waals surface area contributed by atoms with Gasteiger partial charge in [-0.25, -0.2) is 4.79 Å². The van der Waals surface area contributed by atoms with Crippen LogP contribution in [-0.4, -0.2) is 89.1 Å². The van der Waals surface area contributed by atoms with Crippen LogP contribution in [0.4, 0.5) is 4.79 Å². The average Bonchev–Trinajstić information content (AvgIpc) is 2.65. The molecule has 0 spiro atoms. The van der Waals surface area contributed by atoms with E-state index in [9.17, 15) is 9.59 Å². The van der Waals surface area contributed by atoms with Gasteiger partial charge >= 0.3 is 6.09 Å². The summed E-state index contributed by atoms with van der Waals surface area (Å²) in [6, 6.07) is 0. The molecule has 2 aliphatic rings. The van der Waals surface area contributed by atoms with Crippen molar-refractivity contribution in [1.29, 1.82) is 0 Å². The Morgan fingerprint density at radius 1 is 0.947 bits per heavy atom. The van der Waals surface area contributed by atoms with Gasteiger partial charge in [-0.05, 0) is 6.42 Å². The number of carbonyl (C=O) groups is 2. The Bertz CT molecular complexity index is 334. The number of nitrogens with zero attached hydrogens (tertiary/aromatic N) is 3. The lowest BCUT2D eigenvalue weighted by Crippen LogP contribution is -2.44. The molecule has 1 N–H and O–H groups in total. The summed E-state index contributed by atoms with van der Waals surface area (Å²) in [5.41, 5.74) is 0. The number of amides is 2. The van der Waals surface area contributed by atoms with Gasteiger partial charge in [-0.3, -0.25) is 9.69 Å². The number of carboxylic acid groups (broad SMARTS) is 1. The van der Waals surface area contributed by atoms with Gasteiger partial charge in [0.15, 0.2) is 0 Å². The molecule has 2 saturated heterocycles. The molecule has 0 radical (unpaired) electrons. The second-order valence-corrected chi connectivity index (χ2v) is 6.12. The highest BCUT2D eigenvalue weighted by molar-refractivity contribution is 7.99. The fourth-order valence-corrected chi connectivity index (χ4v) is 3.39. The van der Waals surface area contributed by atoms with Gasteiger partial charge in [0.05, 0.1) is 6.54 Å². The van der Waals surface area contributed by atoms with Crippen molar-refractivity contribution in [3.05, 3.63) is 0 Å². The molecule has 2 heterocycles. The lowest BCUT2D eigenvalue weighted by molar-refractivity contribution is -0.132. The Hall–Kier alpha value is -0.950. The van der Waals surface area contributed by atoms with E-state index < -0.39 is 6.09 Å². The summed E-state index contributed by atoms with van der Waals surface area (Å²) in [5.74, 6) is 2.33. The topological polar surface area (TPSA) is 64.1 Å². The number of rotatable bonds is 2. The molecule has 19 heavy (non-hydrogen) atoms. The van der Waals surface area contributed by atoms with Crippen LogP contribution in [0.3, 0.4) is 0 Å². The first-order valence-corrected chi connectivity index (χ1v) is 7.88. The smallest absolute Gasteiger partial charge is 0.407 e. The number of hydrogen-bond donors (Lipinski definition) is 1. The summed E-state index contributed by atoms with van der Waals surface area (Å²) in [6.45, 7) is 4.58. The van der Waals surface area contributed by atoms with E-state index in [1.54, 1.807) is 0 Å². The molecule has 0 unspecified atom stereocenters. The highest BCUT2D eigenvalue weighted by Crippen LogP contribution is 2.10. The predicted octanol–water partition coefficient (Wildman–Crippen LogP) is 0.247. The van der Waals surface area contributed by atoms with Gasteiger partial charge in [0.2, 0.25) is 5.91 Å². The fraction of sp³-hybridized carbons (Fsp3) is 0.833. The zero-order valence-electron chi connectivity index (χ0n) is 11.1. The van der Waals surface area contributed by atoms with Crippen LogP contribution in [0.5, 0.6) is 0 Å². The van der Waals surface area contributed by atoms with Crippen LogP contribution < -0.4 is 0 Å². The lowest BCUT2D eigenvalue weighted by atomic mass is 10.3. The second kappa shape index (κ2) is 7.00. The van der Waals surface area contributed by atoms with E-state index in [-0.39, 0.29) is 5.91 Å². The van der Waals surface area contributed by atoms with E-state index in [0.29, 0.717) is 32.7 Å². The highest BCUT2D eigenvalue weighted by atomic mass is 32.2. The molecule has 2 rings (SSSR count). The SMILES string of the molecule is O=C(O)N1CCCN(C(=O)CN2CCSCC2)CC1. The summed E-state index contributed by atoms with van der Waals surface area (Å²) in [5, 5.41) is 8.96. The Kier molecular flexibility index (Phi) is 5.33. The van der Waals surface area contributed by atoms with Crippen LogP contribution in [-0.2, 0) is 4.79 Å². The number of hydrogen-bond acceptors (Lipinski definition) is 4. The van der Waals surface area contributed by atoms with E-state index in [2.05, 4.69) is 4.90 Å². The van der Waals surface area contributed by atoms with Gasteiger partial charge in [0.1, 0.15) is 0 Å². The van der Waals surface area contributed by atoms with Crippen molar-refractivity contribution in [1.82, 2.24) is 14.7 Å². The van der Waals surface area contributed by atoms with Crippen molar-refractivity contribution in [3.63, 3.8) is 0 Å². The highest BCUT2D eigenvalue weighted by Gasteiger charge is 2.23. The molecular formula is C12H21N3O3S. The molecule has 0 aliphatic carbocycles. The summed E-state index contributed by atoms with van der Waals surface area (Å²) < 4.78 is 0. The van der Waals surface area contributed by atoms with Crippen molar-refractivity contribution in [3.8, 4) is 0 Å². The first kappa shape index (κ1) is 14.5. The van der Waals surface area contributed by atoms with E-state index in [4.69, 9.17) is 5.11 Å². The van der Waals surface area contributed by atoms with Crippen molar-refractivity contribution in [2.24, 2.45) is 0 Å². The zero-order valence-corrected chi connectivity index (χ0v) is 11.9. The van der Waals surface area contributed by atoms with Crippen molar-refractivity contribution in [2.75, 3.05) is 57.3 Å². The Balaban J connectivity index is 1.80. The fourth-order valence-electron chi connectivity index (χ4n) is 2.41. The van der Waals surface area contributed by atoms with Crippen molar-refractivity contribution in [2.45, 2.75) is 6.42 Å². The Morgan fingerprint density at radius 3 is 2.26 bits per heavy atom. The monoisotopic (exact) mass is 287 g/mol. The van der Waals surface area contributed by atoms with Crippen LogP contribution in [0.15, 0.2) is 0 Å². The quantitative estimate of drug-likeness (QED) is 0.788. The van der Waals surface area contributed by atoms with Crippen LogP contribution in [0, 0.1) is 0 Å². The molecule has 6 nitrogen and oxygen atoms in total. The lowest BCUT2D eigenvalue weighted by Gasteiger charge is -2.28. The third kappa shape index (κ3) is 4.28. The van der Waals surface area contributed by atoms with Gasteiger partial charge in [0, 0.05) is 50.8 Å². The van der Waals surface area contributed by atoms with E-state index in [1.165, 1.54) is 4.90 Å². The summed E-state index contributed by atoms with van der Waals surface area (Å²) >= 11 is 1.93. The number of carbonyl (C=O) groups excluding carboxylic acids is 1. The van der Waals surface area contributed by atoms with Gasteiger partial charge in [-0.2, -0.15) is 11.8 Å². The molecular weight excluding hydrogens is 266 g/mol. The summed E-state index contributed by atoms with van der Waals surface area (Å²) in [6.07, 6.45) is -0.157. The average molecular weight is 287 g/mol. The van der Waals surface area contributed by atoms with Crippen molar-refractivity contribution >= 4 is 23.8 Å². The van der Waals surface area contributed by atoms with Gasteiger partial charge in [-0.15, -0.1) is 0 Å². The molecule has 2 amide bonds. The summed E-state index contributed by atoms with van der Waals surface area (Å²) in [7, 11) is 0. The van der Waals surface area contributed by atoms with Gasteiger partial charge in [0.25, 0.3) is 0 Å². The molecule has 0 saturated carbocycles. The minimum atomic E-state index is -0.887. The molecule has 7 heteroatoms. The second-order valence-electron chi connectivity index (χ2n) is 4.89. The van der Waals surface area contributed by atoms with Gasteiger partial charge < -0.3 is 14.9 Å². The Morgan fingerprint density at radius 2 is 1.58 bits per heavy atom. The molecule has 0 atom stereocenters. The van der Waals surface area contributed by atoms with Crippen LogP contribution in [0.1, 0.15) is 6.42 Å². The Labute approximate surface area is 117 Å². The predicted molar refractivity (Wildman–Crippen MR) is 74.6 cm³/mol. The van der Waals surface area contributed by atoms with Crippen molar-refractivity contribution < 1.29 is 14.7 Å². The molecule has 0 aromatic carbocycles. The maximum absolute atomic E-state index is 12.2. The minimum absolute atomic E-state index is 0.138. The van der Waals surface area contributed by atoms with Crippen LogP contribution >= 0.6 is 11.8 Å². The van der Waals surface area contributed by atoms with E-state index in [1.807, 2.05) is 16.7 Å². The molecule has 0 aromatic rings. The molecule has 108 valence electrons. The van der Waals surface area contributed by atoms with Gasteiger partial charge in [-0.1, -0.05) is 0 Å². The van der Waals surface area contributed by atoms with Crippen LogP contribution in [0.25, 0.3) is 0 Å². The molecule has 2 fully saturated rings. The normalized spacial score (nSPS) is 22.1. The summed E-state index contributed by atoms with van der Waals surface area (Å²) in [4.78, 5) is 28.5. The third-order valence-electron chi connectivity index (χ3n) is 3.58. The first-order valence-electron chi connectivity index (χ1n) is 6.72. The largest absolute Gasteiger partial charge is 0.465 e. The standard InChI is InChI=1S/C12H21N3O3S/c16-11(10-13-6-8-19-9-7-13)14-2-1-3-15(5-4-14)12(17)18/h1-10H2,(H,17,18). The number of thioether (sulfide) groups is 1. The van der Waals surface area contributed by atoms with Crippen LogP contribution in [0.2, 0.25) is 0 Å². The molecule has 0 bridgehead atoms.